The summed E-state index contributed by atoms with van der Waals surface area (Å²) in [6.45, 7) is 5.28. The van der Waals surface area contributed by atoms with Crippen LogP contribution in [-0.2, 0) is 22.6 Å². The predicted molar refractivity (Wildman–Crippen MR) is 127 cm³/mol. The maximum atomic E-state index is 12.4. The highest BCUT2D eigenvalue weighted by Crippen LogP contribution is 2.35. The Morgan fingerprint density at radius 2 is 1.78 bits per heavy atom. The first kappa shape index (κ1) is 24.2. The lowest BCUT2D eigenvalue weighted by atomic mass is 10.2. The van der Waals surface area contributed by atoms with Crippen LogP contribution in [0.3, 0.4) is 0 Å². The molecule has 0 spiro atoms. The predicted octanol–water partition coefficient (Wildman–Crippen LogP) is 4.88. The Kier molecular flexibility index (Phi) is 7.27. The molecule has 0 saturated carbocycles. The van der Waals surface area contributed by atoms with E-state index in [-0.39, 0.29) is 34.5 Å². The Balaban J connectivity index is 2.14. The number of pyridine rings is 1. The van der Waals surface area contributed by atoms with Crippen molar-refractivity contribution < 1.29 is 13.2 Å². The van der Waals surface area contributed by atoms with Crippen LogP contribution in [0.2, 0.25) is 10.0 Å². The van der Waals surface area contributed by atoms with E-state index in [4.69, 9.17) is 27.9 Å². The smallest absolute Gasteiger partial charge is 0.253 e. The Morgan fingerprint density at radius 3 is 2.41 bits per heavy atom. The molecule has 0 aliphatic heterocycles. The summed E-state index contributed by atoms with van der Waals surface area (Å²) in [7, 11) is -1.74. The number of hydrogen-bond donors (Lipinski definition) is 0. The Bertz CT molecular complexity index is 1290. The number of benzene rings is 1. The minimum absolute atomic E-state index is 0.0452. The van der Waals surface area contributed by atoms with Gasteiger partial charge in [-0.05, 0) is 44.0 Å². The van der Waals surface area contributed by atoms with Crippen molar-refractivity contribution in [1.82, 2.24) is 14.5 Å². The number of nitrogens with zero attached hydrogens (tertiary/aromatic N) is 3. The Morgan fingerprint density at radius 1 is 1.06 bits per heavy atom. The van der Waals surface area contributed by atoms with Crippen LogP contribution < -0.4 is 10.3 Å². The molecule has 10 heteroatoms. The van der Waals surface area contributed by atoms with Gasteiger partial charge in [0.15, 0.2) is 21.4 Å². The van der Waals surface area contributed by atoms with E-state index < -0.39 is 9.84 Å². The van der Waals surface area contributed by atoms with Crippen LogP contribution in [0.4, 0.5) is 0 Å². The molecular weight excluding hydrogens is 473 g/mol. The Hall–Kier alpha value is -2.42. The summed E-state index contributed by atoms with van der Waals surface area (Å²) in [5.41, 5.74) is 1.91. The first-order valence-corrected chi connectivity index (χ1v) is 12.5. The molecule has 170 valence electrons. The van der Waals surface area contributed by atoms with E-state index in [1.165, 1.54) is 10.6 Å². The molecule has 0 N–H and O–H groups in total. The van der Waals surface area contributed by atoms with Gasteiger partial charge in [0.1, 0.15) is 0 Å². The minimum Gasteiger partial charge on any atom is -0.437 e. The number of halogens is 2. The molecule has 3 rings (SSSR count). The lowest BCUT2D eigenvalue weighted by Crippen LogP contribution is -2.18. The van der Waals surface area contributed by atoms with Crippen LogP contribution >= 0.6 is 23.2 Å². The standard InChI is InChI=1S/C22H23Cl2N3O4S/c1-5-6-32(29,30)12-17-10-19(31-20-13(2)8-16(23)9-18(20)24)26-21(25-17)15-7-14(3)22(28)27(4)11-15/h7-11H,5-6,12H2,1-4H3. The number of rotatable bonds is 7. The highest BCUT2D eigenvalue weighted by atomic mass is 35.5. The number of aromatic nitrogens is 3. The van der Waals surface area contributed by atoms with Gasteiger partial charge in [-0.25, -0.2) is 13.4 Å². The fourth-order valence-electron chi connectivity index (χ4n) is 3.26. The third kappa shape index (κ3) is 5.68. The van der Waals surface area contributed by atoms with Crippen LogP contribution in [0.1, 0.15) is 30.2 Å². The molecule has 2 aromatic heterocycles. The van der Waals surface area contributed by atoms with Gasteiger partial charge in [-0.2, -0.15) is 4.98 Å². The van der Waals surface area contributed by atoms with E-state index in [9.17, 15) is 13.2 Å². The highest BCUT2D eigenvalue weighted by molar-refractivity contribution is 7.90. The lowest BCUT2D eigenvalue weighted by molar-refractivity contribution is 0.458. The molecule has 0 fully saturated rings. The first-order chi connectivity index (χ1) is 15.0. The van der Waals surface area contributed by atoms with Crippen molar-refractivity contribution in [1.29, 1.82) is 0 Å². The van der Waals surface area contributed by atoms with Crippen molar-refractivity contribution in [3.63, 3.8) is 0 Å². The number of ether oxygens (including phenoxy) is 1. The van der Waals surface area contributed by atoms with Gasteiger partial charge in [0.25, 0.3) is 5.56 Å². The van der Waals surface area contributed by atoms with E-state index in [1.807, 2.05) is 0 Å². The topological polar surface area (TPSA) is 91.2 Å². The van der Waals surface area contributed by atoms with E-state index in [1.54, 1.807) is 52.2 Å². The number of aryl methyl sites for hydroxylation is 3. The van der Waals surface area contributed by atoms with Gasteiger partial charge in [0, 0.05) is 35.5 Å². The van der Waals surface area contributed by atoms with Gasteiger partial charge < -0.3 is 9.30 Å². The van der Waals surface area contributed by atoms with E-state index >= 15 is 0 Å². The average molecular weight is 496 g/mol. The molecule has 0 bridgehead atoms. The fraction of sp³-hybridized carbons (Fsp3) is 0.318. The van der Waals surface area contributed by atoms with Gasteiger partial charge in [-0.1, -0.05) is 30.1 Å². The molecule has 0 radical (unpaired) electrons. The minimum atomic E-state index is -3.36. The molecular formula is C22H23Cl2N3O4S. The second-order valence-electron chi connectivity index (χ2n) is 7.58. The van der Waals surface area contributed by atoms with E-state index in [2.05, 4.69) is 9.97 Å². The zero-order valence-electron chi connectivity index (χ0n) is 18.1. The molecule has 0 amide bonds. The monoisotopic (exact) mass is 495 g/mol. The molecule has 2 heterocycles. The second kappa shape index (κ2) is 9.60. The molecule has 0 aliphatic carbocycles. The van der Waals surface area contributed by atoms with Crippen molar-refractivity contribution in [2.45, 2.75) is 32.9 Å². The van der Waals surface area contributed by atoms with E-state index in [0.717, 1.165) is 0 Å². The lowest BCUT2D eigenvalue weighted by Gasteiger charge is -2.13. The van der Waals surface area contributed by atoms with Crippen LogP contribution in [0.15, 0.2) is 35.3 Å². The molecule has 7 nitrogen and oxygen atoms in total. The largest absolute Gasteiger partial charge is 0.437 e. The van der Waals surface area contributed by atoms with Gasteiger partial charge in [-0.15, -0.1) is 0 Å². The van der Waals surface area contributed by atoms with Crippen LogP contribution in [-0.4, -0.2) is 28.7 Å². The second-order valence-corrected chi connectivity index (χ2v) is 10.6. The first-order valence-electron chi connectivity index (χ1n) is 9.88. The van der Waals surface area contributed by atoms with Crippen molar-refractivity contribution in [2.24, 2.45) is 7.05 Å². The Labute approximate surface area is 196 Å². The SMILES string of the molecule is CCCS(=O)(=O)Cc1cc(Oc2c(C)cc(Cl)cc2Cl)nc(-c2cc(C)c(=O)n(C)c2)n1. The number of hydrogen-bond acceptors (Lipinski definition) is 6. The van der Waals surface area contributed by atoms with Gasteiger partial charge in [-0.3, -0.25) is 4.79 Å². The zero-order chi connectivity index (χ0) is 23.6. The summed E-state index contributed by atoms with van der Waals surface area (Å²) in [5.74, 6) is 0.523. The quantitative estimate of drug-likeness (QED) is 0.463. The summed E-state index contributed by atoms with van der Waals surface area (Å²) < 4.78 is 32.2. The van der Waals surface area contributed by atoms with Gasteiger partial charge in [0.05, 0.1) is 22.2 Å². The molecule has 1 aromatic carbocycles. The molecule has 0 aliphatic rings. The number of sulfone groups is 1. The van der Waals surface area contributed by atoms with E-state index in [0.29, 0.717) is 38.9 Å². The summed E-state index contributed by atoms with van der Waals surface area (Å²) in [6.07, 6.45) is 2.10. The summed E-state index contributed by atoms with van der Waals surface area (Å²) in [4.78, 5) is 21.0. The van der Waals surface area contributed by atoms with Crippen molar-refractivity contribution in [2.75, 3.05) is 5.75 Å². The average Bonchev–Trinajstić information content (AvgIpc) is 2.67. The van der Waals surface area contributed by atoms with Crippen molar-refractivity contribution in [3.8, 4) is 23.0 Å². The summed E-state index contributed by atoms with van der Waals surface area (Å²) >= 11 is 12.3. The summed E-state index contributed by atoms with van der Waals surface area (Å²) in [6, 6.07) is 6.40. The normalized spacial score (nSPS) is 11.6. The maximum Gasteiger partial charge on any atom is 0.253 e. The fourth-order valence-corrected chi connectivity index (χ4v) is 5.26. The third-order valence-electron chi connectivity index (χ3n) is 4.66. The van der Waals surface area contributed by atoms with Crippen LogP contribution in [0.5, 0.6) is 11.6 Å². The molecule has 0 saturated heterocycles. The third-order valence-corrected chi connectivity index (χ3v) is 6.92. The molecule has 32 heavy (non-hydrogen) atoms. The molecule has 0 atom stereocenters. The van der Waals surface area contributed by atoms with Gasteiger partial charge in [0.2, 0.25) is 5.88 Å². The van der Waals surface area contributed by atoms with Crippen molar-refractivity contribution >= 4 is 33.0 Å². The maximum absolute atomic E-state index is 12.4. The highest BCUT2D eigenvalue weighted by Gasteiger charge is 2.18. The van der Waals surface area contributed by atoms with Crippen LogP contribution in [0, 0.1) is 13.8 Å². The van der Waals surface area contributed by atoms with Crippen LogP contribution in [0.25, 0.3) is 11.4 Å². The van der Waals surface area contributed by atoms with Crippen molar-refractivity contribution in [3.05, 3.63) is 67.7 Å². The molecule has 0 unspecified atom stereocenters. The zero-order valence-corrected chi connectivity index (χ0v) is 20.5. The summed E-state index contributed by atoms with van der Waals surface area (Å²) in [5, 5.41) is 0.767. The molecule has 3 aromatic rings. The van der Waals surface area contributed by atoms with Gasteiger partial charge >= 0.3 is 0 Å².